The molecular weight excluding hydrogens is 267 g/mol. The standard InChI is InChI=1S/C17H21FN2O/c1-3-21-17-8-7-16(19)10-14(17)12-20(2)11-13-5-4-6-15(18)9-13/h4-10H,3,11-12,19H2,1-2H3. The van der Waals surface area contributed by atoms with Gasteiger partial charge in [-0.25, -0.2) is 4.39 Å². The summed E-state index contributed by atoms with van der Waals surface area (Å²) in [5.74, 6) is 0.637. The minimum absolute atomic E-state index is 0.208. The van der Waals surface area contributed by atoms with Gasteiger partial charge in [0.05, 0.1) is 6.61 Å². The van der Waals surface area contributed by atoms with Crippen molar-refractivity contribution in [2.75, 3.05) is 19.4 Å². The van der Waals surface area contributed by atoms with Gasteiger partial charge in [-0.3, -0.25) is 4.90 Å². The molecule has 2 N–H and O–H groups in total. The van der Waals surface area contributed by atoms with Crippen molar-refractivity contribution in [3.63, 3.8) is 0 Å². The van der Waals surface area contributed by atoms with Crippen molar-refractivity contribution < 1.29 is 9.13 Å². The van der Waals surface area contributed by atoms with Crippen molar-refractivity contribution >= 4 is 5.69 Å². The number of halogens is 1. The van der Waals surface area contributed by atoms with E-state index in [1.165, 1.54) is 6.07 Å². The lowest BCUT2D eigenvalue weighted by molar-refractivity contribution is 0.297. The van der Waals surface area contributed by atoms with Gasteiger partial charge >= 0.3 is 0 Å². The fourth-order valence-electron chi connectivity index (χ4n) is 2.31. The first kappa shape index (κ1) is 15.3. The van der Waals surface area contributed by atoms with Gasteiger partial charge < -0.3 is 10.5 Å². The van der Waals surface area contributed by atoms with Crippen LogP contribution in [0.1, 0.15) is 18.1 Å². The summed E-state index contributed by atoms with van der Waals surface area (Å²) in [6, 6.07) is 12.3. The number of rotatable bonds is 6. The fraction of sp³-hybridized carbons (Fsp3) is 0.294. The monoisotopic (exact) mass is 288 g/mol. The van der Waals surface area contributed by atoms with Gasteiger partial charge in [-0.1, -0.05) is 12.1 Å². The van der Waals surface area contributed by atoms with Crippen LogP contribution in [-0.4, -0.2) is 18.6 Å². The molecule has 0 aromatic heterocycles. The van der Waals surface area contributed by atoms with Crippen LogP contribution < -0.4 is 10.5 Å². The van der Waals surface area contributed by atoms with Crippen LogP contribution in [0, 0.1) is 5.82 Å². The number of nitrogen functional groups attached to an aromatic ring is 1. The lowest BCUT2D eigenvalue weighted by Gasteiger charge is -2.19. The number of hydrogen-bond acceptors (Lipinski definition) is 3. The number of anilines is 1. The summed E-state index contributed by atoms with van der Waals surface area (Å²) in [7, 11) is 1.99. The van der Waals surface area contributed by atoms with Crippen LogP contribution in [-0.2, 0) is 13.1 Å². The Morgan fingerprint density at radius 3 is 2.67 bits per heavy atom. The van der Waals surface area contributed by atoms with Crippen molar-refractivity contribution in [1.82, 2.24) is 4.90 Å². The Bertz CT molecular complexity index is 601. The summed E-state index contributed by atoms with van der Waals surface area (Å²) in [4.78, 5) is 2.10. The highest BCUT2D eigenvalue weighted by molar-refractivity contribution is 5.47. The maximum Gasteiger partial charge on any atom is 0.123 e. The van der Waals surface area contributed by atoms with Crippen molar-refractivity contribution in [1.29, 1.82) is 0 Å². The molecule has 21 heavy (non-hydrogen) atoms. The molecule has 2 aromatic carbocycles. The highest BCUT2D eigenvalue weighted by Crippen LogP contribution is 2.23. The quantitative estimate of drug-likeness (QED) is 0.828. The molecule has 0 aliphatic rings. The lowest BCUT2D eigenvalue weighted by atomic mass is 10.1. The van der Waals surface area contributed by atoms with Gasteiger partial charge in [0.1, 0.15) is 11.6 Å². The van der Waals surface area contributed by atoms with Crippen molar-refractivity contribution in [2.24, 2.45) is 0 Å². The van der Waals surface area contributed by atoms with Gasteiger partial charge in [-0.15, -0.1) is 0 Å². The van der Waals surface area contributed by atoms with E-state index < -0.39 is 0 Å². The molecule has 0 amide bonds. The second-order valence-corrected chi connectivity index (χ2v) is 5.10. The Morgan fingerprint density at radius 2 is 1.95 bits per heavy atom. The van der Waals surface area contributed by atoms with Crippen LogP contribution in [0.3, 0.4) is 0 Å². The predicted molar refractivity (Wildman–Crippen MR) is 83.6 cm³/mol. The zero-order valence-corrected chi connectivity index (χ0v) is 12.5. The van der Waals surface area contributed by atoms with Crippen molar-refractivity contribution in [3.8, 4) is 5.75 Å². The molecule has 0 saturated carbocycles. The van der Waals surface area contributed by atoms with Crippen LogP contribution >= 0.6 is 0 Å². The molecule has 0 aliphatic carbocycles. The second-order valence-electron chi connectivity index (χ2n) is 5.10. The molecule has 3 nitrogen and oxygen atoms in total. The third kappa shape index (κ3) is 4.46. The topological polar surface area (TPSA) is 38.5 Å². The third-order valence-electron chi connectivity index (χ3n) is 3.17. The average Bonchev–Trinajstić information content (AvgIpc) is 2.42. The van der Waals surface area contributed by atoms with Gasteiger partial charge in [0.2, 0.25) is 0 Å². The SMILES string of the molecule is CCOc1ccc(N)cc1CN(C)Cc1cccc(F)c1. The van der Waals surface area contributed by atoms with E-state index in [1.807, 2.05) is 38.2 Å². The summed E-state index contributed by atoms with van der Waals surface area (Å²) in [6.07, 6.45) is 0. The average molecular weight is 288 g/mol. The van der Waals surface area contributed by atoms with Crippen LogP contribution in [0.5, 0.6) is 5.75 Å². The summed E-state index contributed by atoms with van der Waals surface area (Å²) < 4.78 is 18.8. The van der Waals surface area contributed by atoms with Gasteiger partial charge in [0, 0.05) is 24.3 Å². The zero-order valence-electron chi connectivity index (χ0n) is 12.5. The minimum Gasteiger partial charge on any atom is -0.494 e. The Hall–Kier alpha value is -2.07. The molecule has 0 unspecified atom stereocenters. The van der Waals surface area contributed by atoms with E-state index in [0.717, 1.165) is 16.9 Å². The van der Waals surface area contributed by atoms with E-state index in [9.17, 15) is 4.39 Å². The number of hydrogen-bond donors (Lipinski definition) is 1. The fourth-order valence-corrected chi connectivity index (χ4v) is 2.31. The van der Waals surface area contributed by atoms with Crippen molar-refractivity contribution in [3.05, 3.63) is 59.4 Å². The highest BCUT2D eigenvalue weighted by Gasteiger charge is 2.08. The van der Waals surface area contributed by atoms with E-state index >= 15 is 0 Å². The summed E-state index contributed by atoms with van der Waals surface area (Å²) in [6.45, 7) is 3.93. The maximum atomic E-state index is 13.2. The Morgan fingerprint density at radius 1 is 1.14 bits per heavy atom. The molecule has 112 valence electrons. The molecule has 0 saturated heterocycles. The molecular formula is C17H21FN2O. The highest BCUT2D eigenvalue weighted by atomic mass is 19.1. The number of nitrogens with zero attached hydrogens (tertiary/aromatic N) is 1. The van der Waals surface area contributed by atoms with E-state index in [-0.39, 0.29) is 5.82 Å². The first-order chi connectivity index (χ1) is 10.1. The lowest BCUT2D eigenvalue weighted by Crippen LogP contribution is -2.18. The molecule has 0 fully saturated rings. The summed E-state index contributed by atoms with van der Waals surface area (Å²) in [5.41, 5.74) is 8.55. The van der Waals surface area contributed by atoms with Gasteiger partial charge in [-0.2, -0.15) is 0 Å². The molecule has 0 bridgehead atoms. The van der Waals surface area contributed by atoms with E-state index in [0.29, 0.717) is 25.4 Å². The van der Waals surface area contributed by atoms with E-state index in [4.69, 9.17) is 10.5 Å². The van der Waals surface area contributed by atoms with Gasteiger partial charge in [0.15, 0.2) is 0 Å². The Labute approximate surface area is 125 Å². The minimum atomic E-state index is -0.208. The smallest absolute Gasteiger partial charge is 0.123 e. The molecule has 0 radical (unpaired) electrons. The zero-order chi connectivity index (χ0) is 15.2. The van der Waals surface area contributed by atoms with Gasteiger partial charge in [-0.05, 0) is 49.9 Å². The molecule has 4 heteroatoms. The third-order valence-corrected chi connectivity index (χ3v) is 3.17. The molecule has 0 aliphatic heterocycles. The van der Waals surface area contributed by atoms with Crippen LogP contribution in [0.25, 0.3) is 0 Å². The first-order valence-corrected chi connectivity index (χ1v) is 7.02. The van der Waals surface area contributed by atoms with E-state index in [1.54, 1.807) is 12.1 Å². The maximum absolute atomic E-state index is 13.2. The Balaban J connectivity index is 2.08. The number of benzene rings is 2. The molecule has 2 rings (SSSR count). The molecule has 0 atom stereocenters. The van der Waals surface area contributed by atoms with E-state index in [2.05, 4.69) is 4.90 Å². The normalized spacial score (nSPS) is 10.9. The number of ether oxygens (including phenoxy) is 1. The summed E-state index contributed by atoms with van der Waals surface area (Å²) in [5, 5.41) is 0. The first-order valence-electron chi connectivity index (χ1n) is 7.02. The second kappa shape index (κ2) is 7.09. The van der Waals surface area contributed by atoms with Crippen molar-refractivity contribution in [2.45, 2.75) is 20.0 Å². The summed E-state index contributed by atoms with van der Waals surface area (Å²) >= 11 is 0. The molecule has 0 spiro atoms. The largest absolute Gasteiger partial charge is 0.494 e. The van der Waals surface area contributed by atoms with Crippen LogP contribution in [0.15, 0.2) is 42.5 Å². The number of nitrogens with two attached hydrogens (primary N) is 1. The predicted octanol–water partition coefficient (Wildman–Crippen LogP) is 3.44. The molecule has 2 aromatic rings. The van der Waals surface area contributed by atoms with Crippen LogP contribution in [0.4, 0.5) is 10.1 Å². The van der Waals surface area contributed by atoms with Gasteiger partial charge in [0.25, 0.3) is 0 Å². The van der Waals surface area contributed by atoms with Crippen LogP contribution in [0.2, 0.25) is 0 Å². The molecule has 0 heterocycles. The Kier molecular flexibility index (Phi) is 5.17.